The van der Waals surface area contributed by atoms with Crippen LogP contribution in [0.25, 0.3) is 0 Å². The van der Waals surface area contributed by atoms with Gasteiger partial charge in [-0.3, -0.25) is 0 Å². The lowest BCUT2D eigenvalue weighted by atomic mass is 10.2. The molecule has 3 nitrogen and oxygen atoms in total. The number of hydrogen-bond donors (Lipinski definition) is 1. The summed E-state index contributed by atoms with van der Waals surface area (Å²) in [6.45, 7) is 6.04. The second-order valence-electron chi connectivity index (χ2n) is 5.97. The van der Waals surface area contributed by atoms with Crippen LogP contribution in [0.2, 0.25) is 0 Å². The van der Waals surface area contributed by atoms with Crippen LogP contribution in [0.15, 0.2) is 48.8 Å². The van der Waals surface area contributed by atoms with Gasteiger partial charge in [0.05, 0.1) is 10.8 Å². The van der Waals surface area contributed by atoms with Gasteiger partial charge in [0.15, 0.2) is 0 Å². The summed E-state index contributed by atoms with van der Waals surface area (Å²) in [5.74, 6) is 0. The van der Waals surface area contributed by atoms with E-state index in [4.69, 9.17) is 4.74 Å². The van der Waals surface area contributed by atoms with E-state index in [0.29, 0.717) is 6.54 Å². The van der Waals surface area contributed by atoms with Gasteiger partial charge in [0, 0.05) is 19.1 Å². The Morgan fingerprint density at radius 2 is 2.04 bits per heavy atom. The molecule has 0 fully saturated rings. The topological polar surface area (TPSA) is 38.3 Å². The van der Waals surface area contributed by atoms with Crippen LogP contribution in [-0.2, 0) is 11.3 Å². The highest BCUT2D eigenvalue weighted by Crippen LogP contribution is 2.36. The molecule has 1 heterocycles. The largest absolute Gasteiger partial charge is 0.444 e. The number of ether oxygens (including phenoxy) is 1. The molecule has 130 valence electrons. The zero-order chi connectivity index (χ0) is 17.7. The van der Waals surface area contributed by atoms with Gasteiger partial charge in [0.25, 0.3) is 0 Å². The quantitative estimate of drug-likeness (QED) is 0.539. The lowest BCUT2D eigenvalue weighted by Gasteiger charge is -2.19. The normalized spacial score (nSPS) is 11.4. The molecular formula is C17H20BrNO2S3. The van der Waals surface area contributed by atoms with Crippen molar-refractivity contribution >= 4 is 56.9 Å². The van der Waals surface area contributed by atoms with Gasteiger partial charge in [-0.05, 0) is 73.3 Å². The SMILES string of the molecule is CSc1ccc(Sc2ccc(CNC(=O)OC(C)(C)C)s2)cc1Br. The van der Waals surface area contributed by atoms with E-state index in [0.717, 1.165) is 9.35 Å². The molecular weight excluding hydrogens is 426 g/mol. The molecule has 0 saturated heterocycles. The van der Waals surface area contributed by atoms with Crippen LogP contribution in [-0.4, -0.2) is 18.0 Å². The van der Waals surface area contributed by atoms with Crippen molar-refractivity contribution < 1.29 is 9.53 Å². The Labute approximate surface area is 164 Å². The van der Waals surface area contributed by atoms with Crippen LogP contribution in [0, 0.1) is 0 Å². The van der Waals surface area contributed by atoms with Gasteiger partial charge in [0.1, 0.15) is 5.60 Å². The molecule has 1 aromatic heterocycles. The lowest BCUT2D eigenvalue weighted by Crippen LogP contribution is -2.31. The minimum atomic E-state index is -0.475. The average molecular weight is 446 g/mol. The molecule has 1 N–H and O–H groups in total. The van der Waals surface area contributed by atoms with Crippen molar-refractivity contribution in [2.75, 3.05) is 6.26 Å². The Morgan fingerprint density at radius 3 is 2.67 bits per heavy atom. The average Bonchev–Trinajstić information content (AvgIpc) is 2.91. The predicted octanol–water partition coefficient (Wildman–Crippen LogP) is 6.41. The number of alkyl carbamates (subject to hydrolysis) is 1. The first-order chi connectivity index (χ1) is 11.3. The first-order valence-electron chi connectivity index (χ1n) is 7.34. The summed E-state index contributed by atoms with van der Waals surface area (Å²) >= 11 is 8.72. The van der Waals surface area contributed by atoms with E-state index < -0.39 is 5.60 Å². The first-order valence-corrected chi connectivity index (χ1v) is 11.0. The summed E-state index contributed by atoms with van der Waals surface area (Å²) in [6, 6.07) is 10.5. The number of thioether (sulfide) groups is 1. The number of amides is 1. The Balaban J connectivity index is 1.91. The first kappa shape index (κ1) is 19.7. The van der Waals surface area contributed by atoms with E-state index in [2.05, 4.69) is 51.8 Å². The number of benzene rings is 1. The molecule has 0 bridgehead atoms. The Morgan fingerprint density at radius 1 is 1.29 bits per heavy atom. The number of halogens is 1. The smallest absolute Gasteiger partial charge is 0.407 e. The summed E-state index contributed by atoms with van der Waals surface area (Å²) in [7, 11) is 0. The van der Waals surface area contributed by atoms with E-state index in [1.54, 1.807) is 34.9 Å². The third-order valence-corrected chi connectivity index (χ3v) is 6.71. The van der Waals surface area contributed by atoms with Crippen molar-refractivity contribution in [2.24, 2.45) is 0 Å². The maximum absolute atomic E-state index is 11.7. The van der Waals surface area contributed by atoms with Crippen LogP contribution >= 0.6 is 50.8 Å². The highest BCUT2D eigenvalue weighted by atomic mass is 79.9. The second kappa shape index (κ2) is 8.65. The molecule has 0 atom stereocenters. The monoisotopic (exact) mass is 445 g/mol. The number of nitrogens with one attached hydrogen (secondary N) is 1. The van der Waals surface area contributed by atoms with Crippen LogP contribution in [0.3, 0.4) is 0 Å². The highest BCUT2D eigenvalue weighted by Gasteiger charge is 2.16. The standard InChI is InChI=1S/C17H20BrNO2S3/c1-17(2,3)21-16(20)19-10-12-6-8-15(24-12)23-11-5-7-14(22-4)13(18)9-11/h5-9H,10H2,1-4H3,(H,19,20). The molecule has 1 aromatic carbocycles. The Kier molecular flexibility index (Phi) is 7.10. The molecule has 24 heavy (non-hydrogen) atoms. The number of carbonyl (C=O) groups is 1. The maximum Gasteiger partial charge on any atom is 0.407 e. The van der Waals surface area contributed by atoms with Gasteiger partial charge in [-0.25, -0.2) is 4.79 Å². The fourth-order valence-corrected chi connectivity index (χ4v) is 5.41. The molecule has 0 saturated carbocycles. The molecule has 0 unspecified atom stereocenters. The zero-order valence-electron chi connectivity index (χ0n) is 14.0. The van der Waals surface area contributed by atoms with Crippen molar-refractivity contribution in [1.82, 2.24) is 5.32 Å². The van der Waals surface area contributed by atoms with Crippen LogP contribution in [0.5, 0.6) is 0 Å². The van der Waals surface area contributed by atoms with Crippen LogP contribution < -0.4 is 5.32 Å². The van der Waals surface area contributed by atoms with E-state index in [9.17, 15) is 4.79 Å². The predicted molar refractivity (Wildman–Crippen MR) is 107 cm³/mol. The summed E-state index contributed by atoms with van der Waals surface area (Å²) < 4.78 is 7.55. The van der Waals surface area contributed by atoms with E-state index in [1.807, 2.05) is 26.8 Å². The van der Waals surface area contributed by atoms with Crippen LogP contribution in [0.1, 0.15) is 25.6 Å². The van der Waals surface area contributed by atoms with E-state index >= 15 is 0 Å². The fourth-order valence-electron chi connectivity index (χ4n) is 1.81. The summed E-state index contributed by atoms with van der Waals surface area (Å²) in [5.41, 5.74) is -0.475. The van der Waals surface area contributed by atoms with Gasteiger partial charge in [-0.1, -0.05) is 11.8 Å². The van der Waals surface area contributed by atoms with Crippen molar-refractivity contribution in [3.05, 3.63) is 39.7 Å². The Hall–Kier alpha value is -0.630. The molecule has 0 spiro atoms. The molecule has 1 amide bonds. The molecule has 7 heteroatoms. The highest BCUT2D eigenvalue weighted by molar-refractivity contribution is 9.10. The summed E-state index contributed by atoms with van der Waals surface area (Å²) in [5, 5.41) is 2.79. The molecule has 0 aliphatic heterocycles. The van der Waals surface area contributed by atoms with E-state index in [-0.39, 0.29) is 6.09 Å². The molecule has 0 aliphatic carbocycles. The van der Waals surface area contributed by atoms with Gasteiger partial charge in [0.2, 0.25) is 0 Å². The Bertz CT molecular complexity index is 710. The fraction of sp³-hybridized carbons (Fsp3) is 0.353. The number of hydrogen-bond acceptors (Lipinski definition) is 5. The summed E-state index contributed by atoms with van der Waals surface area (Å²) in [6.07, 6.45) is 1.68. The van der Waals surface area contributed by atoms with E-state index in [1.165, 1.54) is 14.0 Å². The van der Waals surface area contributed by atoms with Gasteiger partial charge >= 0.3 is 6.09 Å². The third-order valence-electron chi connectivity index (χ3n) is 2.78. The second-order valence-corrected chi connectivity index (χ2v) is 10.2. The molecule has 2 aromatic rings. The minimum absolute atomic E-state index is 0.387. The van der Waals surface area contributed by atoms with Crippen molar-refractivity contribution in [2.45, 2.75) is 46.9 Å². The van der Waals surface area contributed by atoms with Gasteiger partial charge < -0.3 is 10.1 Å². The summed E-state index contributed by atoms with van der Waals surface area (Å²) in [4.78, 5) is 15.2. The molecule has 0 radical (unpaired) electrons. The molecule has 0 aliphatic rings. The zero-order valence-corrected chi connectivity index (χ0v) is 18.0. The number of carbonyl (C=O) groups excluding carboxylic acids is 1. The number of thiophene rings is 1. The van der Waals surface area contributed by atoms with Crippen LogP contribution in [0.4, 0.5) is 4.79 Å². The van der Waals surface area contributed by atoms with Crippen molar-refractivity contribution in [3.8, 4) is 0 Å². The van der Waals surface area contributed by atoms with Crippen molar-refractivity contribution in [1.29, 1.82) is 0 Å². The third kappa shape index (κ3) is 6.35. The van der Waals surface area contributed by atoms with Crippen molar-refractivity contribution in [3.63, 3.8) is 0 Å². The molecule has 2 rings (SSSR count). The van der Waals surface area contributed by atoms with Gasteiger partial charge in [-0.2, -0.15) is 0 Å². The number of rotatable bonds is 5. The minimum Gasteiger partial charge on any atom is -0.444 e. The lowest BCUT2D eigenvalue weighted by molar-refractivity contribution is 0.0524. The maximum atomic E-state index is 11.7. The van der Waals surface area contributed by atoms with Gasteiger partial charge in [-0.15, -0.1) is 23.1 Å².